The van der Waals surface area contributed by atoms with E-state index < -0.39 is 0 Å². The molecule has 0 aromatic heterocycles. The van der Waals surface area contributed by atoms with E-state index in [2.05, 4.69) is 66.3 Å². The smallest absolute Gasteiger partial charge is 0.205 e. The predicted molar refractivity (Wildman–Crippen MR) is 175 cm³/mol. The first-order valence-electron chi connectivity index (χ1n) is 15.9. The second kappa shape index (κ2) is 20.9. The van der Waals surface area contributed by atoms with Crippen molar-refractivity contribution in [2.45, 2.75) is 84.3 Å². The van der Waals surface area contributed by atoms with Gasteiger partial charge in [0, 0.05) is 91.6 Å². The number of likely N-dealkylation sites (tertiary alicyclic amines) is 2. The molecule has 2 fully saturated rings. The van der Waals surface area contributed by atoms with Gasteiger partial charge in [0.2, 0.25) is 5.90 Å². The van der Waals surface area contributed by atoms with Gasteiger partial charge in [-0.1, -0.05) is 40.3 Å². The molecule has 0 aromatic rings. The molecule has 9 heteroatoms. The van der Waals surface area contributed by atoms with Crippen molar-refractivity contribution in [3.8, 4) is 0 Å². The Labute approximate surface area is 256 Å². The molecule has 0 spiro atoms. The van der Waals surface area contributed by atoms with Crippen LogP contribution in [0.1, 0.15) is 59.8 Å². The molecule has 0 aliphatic carbocycles. The molecule has 2 saturated heterocycles. The van der Waals surface area contributed by atoms with Crippen LogP contribution in [0.15, 0.2) is 39.3 Å². The summed E-state index contributed by atoms with van der Waals surface area (Å²) in [6.07, 6.45) is 13.2. The van der Waals surface area contributed by atoms with E-state index in [0.717, 1.165) is 83.6 Å². The minimum absolute atomic E-state index is 0.152. The lowest BCUT2D eigenvalue weighted by Gasteiger charge is -2.36. The zero-order valence-corrected chi connectivity index (χ0v) is 27.5. The predicted octanol–water partition coefficient (Wildman–Crippen LogP) is 4.92. The summed E-state index contributed by atoms with van der Waals surface area (Å²) in [5, 5.41) is 0. The zero-order valence-electron chi connectivity index (χ0n) is 27.5. The lowest BCUT2D eigenvalue weighted by molar-refractivity contribution is 0.0325. The first-order valence-corrected chi connectivity index (χ1v) is 15.9. The highest BCUT2D eigenvalue weighted by molar-refractivity contribution is 5.80. The number of allylic oxidation sites excluding steroid dienone is 1. The highest BCUT2D eigenvalue weighted by Gasteiger charge is 2.33. The second-order valence-electron chi connectivity index (χ2n) is 11.6. The van der Waals surface area contributed by atoms with Crippen LogP contribution in [0.4, 0.5) is 0 Å². The first kappa shape index (κ1) is 36.3. The zero-order chi connectivity index (χ0) is 30.7. The van der Waals surface area contributed by atoms with Crippen LogP contribution in [0.25, 0.3) is 0 Å². The Hall–Kier alpha value is -1.91. The number of ether oxygens (including phenoxy) is 4. The molecule has 4 unspecified atom stereocenters. The maximum Gasteiger partial charge on any atom is 0.205 e. The van der Waals surface area contributed by atoms with Crippen molar-refractivity contribution in [2.75, 3.05) is 73.7 Å². The summed E-state index contributed by atoms with van der Waals surface area (Å²) in [5.74, 6) is 1.64. The van der Waals surface area contributed by atoms with Crippen LogP contribution in [-0.2, 0) is 18.9 Å². The van der Waals surface area contributed by atoms with Crippen molar-refractivity contribution in [1.82, 2.24) is 9.80 Å². The molecule has 2 aliphatic heterocycles. The molecular weight excluding hydrogens is 530 g/mol. The third kappa shape index (κ3) is 13.2. The summed E-state index contributed by atoms with van der Waals surface area (Å²) >= 11 is 0. The van der Waals surface area contributed by atoms with Crippen LogP contribution >= 0.6 is 0 Å². The second-order valence-corrected chi connectivity index (χ2v) is 11.6. The van der Waals surface area contributed by atoms with Gasteiger partial charge < -0.3 is 18.9 Å². The van der Waals surface area contributed by atoms with E-state index in [4.69, 9.17) is 23.9 Å². The standard InChI is InChI=1S/C33H59N5O4/c1-9-26(3)20-36-32(40-8)14-13-16-37-17-15-30(27(4)23-37)42-33(34-6)22-35-21-29(10-2)38-24-28(5)31(25-38)41-19-12-11-18-39-7/h13-14,20-21,27-32H,3,9-12,15-19,22-25H2,1-2,4-8H3/b14-13-,34-33?,35-21?,36-20?/t27?,28?,29?,30-,31+,32?/m1/s1. The summed E-state index contributed by atoms with van der Waals surface area (Å²) < 4.78 is 23.2. The van der Waals surface area contributed by atoms with E-state index in [1.807, 2.05) is 6.08 Å². The van der Waals surface area contributed by atoms with Gasteiger partial charge in [0.25, 0.3) is 0 Å². The molecule has 0 aromatic carbocycles. The van der Waals surface area contributed by atoms with E-state index >= 15 is 0 Å². The number of hydrogen-bond donors (Lipinski definition) is 0. The lowest BCUT2D eigenvalue weighted by Crippen LogP contribution is -2.44. The fourth-order valence-electron chi connectivity index (χ4n) is 5.43. The monoisotopic (exact) mass is 589 g/mol. The summed E-state index contributed by atoms with van der Waals surface area (Å²) in [6, 6.07) is 0.303. The van der Waals surface area contributed by atoms with E-state index in [-0.39, 0.29) is 18.4 Å². The highest BCUT2D eigenvalue weighted by atomic mass is 16.5. The number of hydrogen-bond acceptors (Lipinski definition) is 9. The number of nitrogens with zero attached hydrogens (tertiary/aromatic N) is 5. The van der Waals surface area contributed by atoms with Crippen LogP contribution in [0.5, 0.6) is 0 Å². The van der Waals surface area contributed by atoms with Gasteiger partial charge in [-0.3, -0.25) is 24.8 Å². The van der Waals surface area contributed by atoms with Crippen molar-refractivity contribution in [1.29, 1.82) is 0 Å². The number of methoxy groups -OCH3 is 2. The van der Waals surface area contributed by atoms with Gasteiger partial charge >= 0.3 is 0 Å². The molecule has 0 radical (unpaired) electrons. The molecule has 9 nitrogen and oxygen atoms in total. The molecule has 2 rings (SSSR count). The molecular formula is C33H59N5O4. The Morgan fingerprint density at radius 1 is 1.05 bits per heavy atom. The number of unbranched alkanes of at least 4 members (excludes halogenated alkanes) is 1. The van der Waals surface area contributed by atoms with E-state index in [1.54, 1.807) is 27.5 Å². The molecule has 6 atom stereocenters. The summed E-state index contributed by atoms with van der Waals surface area (Å²) in [5.41, 5.74) is 0.997. The molecule has 0 saturated carbocycles. The van der Waals surface area contributed by atoms with E-state index in [9.17, 15) is 0 Å². The largest absolute Gasteiger partial charge is 0.476 e. The lowest BCUT2D eigenvalue weighted by atomic mass is 9.96. The van der Waals surface area contributed by atoms with Gasteiger partial charge in [0.15, 0.2) is 6.23 Å². The molecule has 2 heterocycles. The maximum atomic E-state index is 6.38. The van der Waals surface area contributed by atoms with Gasteiger partial charge in [-0.05, 0) is 49.7 Å². The van der Waals surface area contributed by atoms with Crippen molar-refractivity contribution in [3.63, 3.8) is 0 Å². The summed E-state index contributed by atoms with van der Waals surface area (Å²) in [7, 11) is 5.23. The third-order valence-corrected chi connectivity index (χ3v) is 8.25. The molecule has 2 aliphatic rings. The Bertz CT molecular complexity index is 877. The Morgan fingerprint density at radius 3 is 2.48 bits per heavy atom. The minimum Gasteiger partial charge on any atom is -0.476 e. The van der Waals surface area contributed by atoms with Gasteiger partial charge in [-0.15, -0.1) is 0 Å². The van der Waals surface area contributed by atoms with Crippen molar-refractivity contribution in [3.05, 3.63) is 24.3 Å². The van der Waals surface area contributed by atoms with Gasteiger partial charge in [-0.25, -0.2) is 0 Å². The first-order chi connectivity index (χ1) is 20.3. The molecule has 0 bridgehead atoms. The minimum atomic E-state index is -0.275. The Morgan fingerprint density at radius 2 is 1.81 bits per heavy atom. The van der Waals surface area contributed by atoms with E-state index in [0.29, 0.717) is 30.3 Å². The number of piperidine rings is 1. The van der Waals surface area contributed by atoms with Crippen molar-refractivity contribution in [2.24, 2.45) is 26.8 Å². The number of aliphatic imine (C=N–C) groups is 3. The van der Waals surface area contributed by atoms with Crippen LogP contribution in [0, 0.1) is 11.8 Å². The van der Waals surface area contributed by atoms with Gasteiger partial charge in [-0.2, -0.15) is 0 Å². The quantitative estimate of drug-likeness (QED) is 0.0921. The van der Waals surface area contributed by atoms with Crippen LogP contribution in [0.2, 0.25) is 0 Å². The Balaban J connectivity index is 1.77. The normalized spacial score (nSPS) is 26.1. The number of rotatable bonds is 19. The van der Waals surface area contributed by atoms with Gasteiger partial charge in [0.05, 0.1) is 6.10 Å². The Kier molecular flexibility index (Phi) is 18.1. The van der Waals surface area contributed by atoms with Crippen LogP contribution in [-0.4, -0.2) is 126 Å². The topological polar surface area (TPSA) is 80.5 Å². The third-order valence-electron chi connectivity index (χ3n) is 8.25. The molecule has 0 amide bonds. The van der Waals surface area contributed by atoms with Crippen molar-refractivity contribution < 1.29 is 18.9 Å². The van der Waals surface area contributed by atoms with E-state index in [1.165, 1.54) is 0 Å². The average molecular weight is 590 g/mol. The molecule has 0 N–H and O–H groups in total. The van der Waals surface area contributed by atoms with Crippen LogP contribution in [0.3, 0.4) is 0 Å². The van der Waals surface area contributed by atoms with Crippen LogP contribution < -0.4 is 0 Å². The summed E-state index contributed by atoms with van der Waals surface area (Å²) in [4.78, 5) is 18.6. The maximum absolute atomic E-state index is 6.38. The van der Waals surface area contributed by atoms with Crippen molar-refractivity contribution >= 4 is 18.3 Å². The highest BCUT2D eigenvalue weighted by Crippen LogP contribution is 2.23. The van der Waals surface area contributed by atoms with Gasteiger partial charge in [0.1, 0.15) is 12.6 Å². The fourth-order valence-corrected chi connectivity index (χ4v) is 5.43. The molecule has 240 valence electrons. The summed E-state index contributed by atoms with van der Waals surface area (Å²) in [6.45, 7) is 19.7. The fraction of sp³-hybridized carbons (Fsp3) is 0.788. The average Bonchev–Trinajstić information content (AvgIpc) is 3.36. The molecule has 42 heavy (non-hydrogen) atoms. The SMILES string of the molecule is C=C(C=NC(/C=C\CN1CC[C@@H](OC(CN=CC(CC)N2CC(C)[C@@H](OCCCCOC)C2)=NC)C(C)C1)OC)CC.